The summed E-state index contributed by atoms with van der Waals surface area (Å²) in [4.78, 5) is -0.369. The van der Waals surface area contributed by atoms with Crippen molar-refractivity contribution in [1.29, 1.82) is 5.26 Å². The van der Waals surface area contributed by atoms with Crippen molar-refractivity contribution in [2.75, 3.05) is 13.7 Å². The minimum Gasteiger partial charge on any atom is -0.493 e. The van der Waals surface area contributed by atoms with E-state index in [0.29, 0.717) is 34.6 Å². The van der Waals surface area contributed by atoms with E-state index in [9.17, 15) is 13.7 Å². The highest BCUT2D eigenvalue weighted by Gasteiger charge is 2.21. The lowest BCUT2D eigenvalue weighted by molar-refractivity contribution is 0.257. The van der Waals surface area contributed by atoms with Crippen molar-refractivity contribution in [2.45, 2.75) is 18.7 Å². The van der Waals surface area contributed by atoms with Crippen molar-refractivity contribution in [3.63, 3.8) is 0 Å². The third kappa shape index (κ3) is 5.25. The molecule has 0 aliphatic rings. The number of nitrogens with zero attached hydrogens (tertiary/aromatic N) is 1. The van der Waals surface area contributed by atoms with Crippen LogP contribution in [0.1, 0.15) is 19.4 Å². The van der Waals surface area contributed by atoms with E-state index < -0.39 is 9.84 Å². The summed E-state index contributed by atoms with van der Waals surface area (Å²) in [6.45, 7) is 4.59. The first kappa shape index (κ1) is 20.8. The molecule has 0 amide bonds. The van der Waals surface area contributed by atoms with E-state index in [2.05, 4.69) is 0 Å². The predicted octanol–water partition coefficient (Wildman–Crippen LogP) is 4.72. The van der Waals surface area contributed by atoms with Gasteiger partial charge in [0.15, 0.2) is 11.5 Å². The van der Waals surface area contributed by atoms with Crippen molar-refractivity contribution in [3.05, 3.63) is 58.0 Å². The van der Waals surface area contributed by atoms with Crippen molar-refractivity contribution < 1.29 is 17.9 Å². The molecule has 0 spiro atoms. The number of methoxy groups -OCH3 is 1. The Morgan fingerprint density at radius 3 is 2.41 bits per heavy atom. The molecule has 2 aromatic carbocycles. The number of benzene rings is 2. The topological polar surface area (TPSA) is 76.4 Å². The molecule has 0 radical (unpaired) electrons. The van der Waals surface area contributed by atoms with Crippen LogP contribution in [0, 0.1) is 17.2 Å². The first-order valence-electron chi connectivity index (χ1n) is 8.21. The summed E-state index contributed by atoms with van der Waals surface area (Å²) in [5.74, 6) is 1.37. The first-order valence-corrected chi connectivity index (χ1v) is 10.1. The van der Waals surface area contributed by atoms with Gasteiger partial charge in [-0.2, -0.15) is 5.26 Å². The Kier molecular flexibility index (Phi) is 6.89. The van der Waals surface area contributed by atoms with Gasteiger partial charge in [-0.3, -0.25) is 0 Å². The standard InChI is InChI=1S/C20H20ClNO4S/c1-14(2)13-26-19-9-4-15(11-20(19)25-3)10-18(12-22)27(23,24)17-7-5-16(21)6-8-17/h4-11,14H,13H2,1-3H3. The maximum atomic E-state index is 12.7. The van der Waals surface area contributed by atoms with Gasteiger partial charge in [-0.25, -0.2) is 8.42 Å². The molecule has 0 saturated carbocycles. The average Bonchev–Trinajstić information content (AvgIpc) is 2.64. The van der Waals surface area contributed by atoms with Gasteiger partial charge in [-0.05, 0) is 54.0 Å². The molecule has 0 unspecified atom stereocenters. The SMILES string of the molecule is COc1cc(C=C(C#N)S(=O)(=O)c2ccc(Cl)cc2)ccc1OCC(C)C. The zero-order chi connectivity index (χ0) is 20.0. The van der Waals surface area contributed by atoms with E-state index in [0.717, 1.165) is 0 Å². The van der Waals surface area contributed by atoms with E-state index in [1.54, 1.807) is 24.3 Å². The van der Waals surface area contributed by atoms with Crippen LogP contribution in [0.5, 0.6) is 11.5 Å². The van der Waals surface area contributed by atoms with Crippen LogP contribution in [0.15, 0.2) is 52.3 Å². The average molecular weight is 406 g/mol. The minimum atomic E-state index is -3.95. The molecule has 0 atom stereocenters. The number of hydrogen-bond donors (Lipinski definition) is 0. The van der Waals surface area contributed by atoms with Gasteiger partial charge in [-0.15, -0.1) is 0 Å². The number of ether oxygens (including phenoxy) is 2. The third-order valence-electron chi connectivity index (χ3n) is 3.58. The van der Waals surface area contributed by atoms with Crippen LogP contribution in [-0.4, -0.2) is 22.1 Å². The second kappa shape index (κ2) is 8.94. The molecule has 0 saturated heterocycles. The summed E-state index contributed by atoms with van der Waals surface area (Å²) in [6, 6.07) is 12.4. The Labute approximate surface area is 164 Å². The molecule has 2 rings (SSSR count). The highest BCUT2D eigenvalue weighted by molar-refractivity contribution is 7.95. The molecule has 27 heavy (non-hydrogen) atoms. The summed E-state index contributed by atoms with van der Waals surface area (Å²) in [5.41, 5.74) is 0.512. The molecule has 7 heteroatoms. The molecular formula is C20H20ClNO4S. The fraction of sp³-hybridized carbons (Fsp3) is 0.250. The summed E-state index contributed by atoms with van der Waals surface area (Å²) >= 11 is 5.80. The summed E-state index contributed by atoms with van der Waals surface area (Å²) in [6.07, 6.45) is 1.30. The quantitative estimate of drug-likeness (QED) is 0.623. The normalized spacial score (nSPS) is 11.9. The lowest BCUT2D eigenvalue weighted by Crippen LogP contribution is -2.05. The summed E-state index contributed by atoms with van der Waals surface area (Å²) in [5, 5.41) is 9.80. The first-order chi connectivity index (χ1) is 12.8. The van der Waals surface area contributed by atoms with Crippen molar-refractivity contribution >= 4 is 27.5 Å². The van der Waals surface area contributed by atoms with E-state index in [4.69, 9.17) is 21.1 Å². The number of rotatable bonds is 7. The van der Waals surface area contributed by atoms with Gasteiger partial charge in [0.25, 0.3) is 0 Å². The summed E-state index contributed by atoms with van der Waals surface area (Å²) in [7, 11) is -2.45. The van der Waals surface area contributed by atoms with Crippen LogP contribution in [0.2, 0.25) is 5.02 Å². The Morgan fingerprint density at radius 1 is 1.19 bits per heavy atom. The zero-order valence-electron chi connectivity index (χ0n) is 15.3. The Hall–Kier alpha value is -2.49. The molecule has 0 aliphatic heterocycles. The van der Waals surface area contributed by atoms with E-state index in [1.165, 1.54) is 37.5 Å². The smallest absolute Gasteiger partial charge is 0.216 e. The monoisotopic (exact) mass is 405 g/mol. The highest BCUT2D eigenvalue weighted by Crippen LogP contribution is 2.30. The fourth-order valence-electron chi connectivity index (χ4n) is 2.21. The molecule has 2 aromatic rings. The van der Waals surface area contributed by atoms with E-state index in [-0.39, 0.29) is 9.80 Å². The van der Waals surface area contributed by atoms with Gasteiger partial charge in [0.1, 0.15) is 11.0 Å². The maximum Gasteiger partial charge on any atom is 0.216 e. The molecular weight excluding hydrogens is 386 g/mol. The molecule has 0 bridgehead atoms. The molecule has 0 N–H and O–H groups in total. The molecule has 0 heterocycles. The van der Waals surface area contributed by atoms with Crippen molar-refractivity contribution in [1.82, 2.24) is 0 Å². The van der Waals surface area contributed by atoms with Gasteiger partial charge >= 0.3 is 0 Å². The molecule has 5 nitrogen and oxygen atoms in total. The van der Waals surface area contributed by atoms with E-state index >= 15 is 0 Å². The number of hydrogen-bond acceptors (Lipinski definition) is 5. The molecule has 142 valence electrons. The van der Waals surface area contributed by atoms with Gasteiger partial charge in [0, 0.05) is 5.02 Å². The molecule has 0 aromatic heterocycles. The van der Waals surface area contributed by atoms with Gasteiger partial charge in [0.2, 0.25) is 9.84 Å². The number of halogens is 1. The predicted molar refractivity (Wildman–Crippen MR) is 106 cm³/mol. The molecule has 0 fully saturated rings. The number of nitriles is 1. The van der Waals surface area contributed by atoms with Gasteiger partial charge < -0.3 is 9.47 Å². The Balaban J connectivity index is 2.40. The summed E-state index contributed by atoms with van der Waals surface area (Å²) < 4.78 is 36.4. The lowest BCUT2D eigenvalue weighted by Gasteiger charge is -2.13. The maximum absolute atomic E-state index is 12.7. The van der Waals surface area contributed by atoms with Crippen LogP contribution in [0.25, 0.3) is 6.08 Å². The number of sulfone groups is 1. The Bertz CT molecular complexity index is 974. The van der Waals surface area contributed by atoms with Crippen molar-refractivity contribution in [2.24, 2.45) is 5.92 Å². The van der Waals surface area contributed by atoms with Gasteiger partial charge in [0.05, 0.1) is 18.6 Å². The van der Waals surface area contributed by atoms with Crippen molar-refractivity contribution in [3.8, 4) is 17.6 Å². The lowest BCUT2D eigenvalue weighted by atomic mass is 10.2. The Morgan fingerprint density at radius 2 is 1.85 bits per heavy atom. The van der Waals surface area contributed by atoms with Crippen LogP contribution < -0.4 is 9.47 Å². The largest absolute Gasteiger partial charge is 0.493 e. The second-order valence-corrected chi connectivity index (χ2v) is 8.55. The highest BCUT2D eigenvalue weighted by atomic mass is 35.5. The molecule has 0 aliphatic carbocycles. The second-order valence-electron chi connectivity index (χ2n) is 6.19. The van der Waals surface area contributed by atoms with Gasteiger partial charge in [-0.1, -0.05) is 31.5 Å². The van der Waals surface area contributed by atoms with Crippen LogP contribution in [0.4, 0.5) is 0 Å². The van der Waals surface area contributed by atoms with Crippen LogP contribution >= 0.6 is 11.6 Å². The number of allylic oxidation sites excluding steroid dienone is 1. The van der Waals surface area contributed by atoms with Crippen LogP contribution in [-0.2, 0) is 9.84 Å². The van der Waals surface area contributed by atoms with E-state index in [1.807, 2.05) is 13.8 Å². The zero-order valence-corrected chi connectivity index (χ0v) is 16.8. The van der Waals surface area contributed by atoms with Crippen LogP contribution in [0.3, 0.4) is 0 Å². The minimum absolute atomic E-state index is 0.00329. The third-order valence-corrected chi connectivity index (χ3v) is 5.51. The fourth-order valence-corrected chi connectivity index (χ4v) is 3.50.